The van der Waals surface area contributed by atoms with Crippen molar-refractivity contribution in [2.75, 3.05) is 7.11 Å². The van der Waals surface area contributed by atoms with Crippen LogP contribution in [0.1, 0.15) is 23.6 Å². The summed E-state index contributed by atoms with van der Waals surface area (Å²) >= 11 is 1.60. The summed E-state index contributed by atoms with van der Waals surface area (Å²) in [7, 11) is 1.64. The van der Waals surface area contributed by atoms with Crippen molar-refractivity contribution in [3.05, 3.63) is 59.2 Å². The van der Waals surface area contributed by atoms with Crippen LogP contribution in [0.4, 0.5) is 0 Å². The molecule has 0 aliphatic heterocycles. The van der Waals surface area contributed by atoms with Crippen molar-refractivity contribution < 1.29 is 9.53 Å². The summed E-state index contributed by atoms with van der Waals surface area (Å²) in [5.74, 6) is 0.866. The van der Waals surface area contributed by atoms with Gasteiger partial charge in [-0.2, -0.15) is 0 Å². The molecule has 2 aromatic rings. The van der Waals surface area contributed by atoms with Gasteiger partial charge in [0.1, 0.15) is 5.75 Å². The fraction of sp³-hybridized carbons (Fsp3) is 0.316. The van der Waals surface area contributed by atoms with Crippen LogP contribution in [0.2, 0.25) is 0 Å². The van der Waals surface area contributed by atoms with Gasteiger partial charge in [0.15, 0.2) is 0 Å². The molecule has 3 nitrogen and oxygen atoms in total. The largest absolute Gasteiger partial charge is 0.497 e. The lowest BCUT2D eigenvalue weighted by Gasteiger charge is -2.14. The van der Waals surface area contributed by atoms with Crippen molar-refractivity contribution in [2.45, 2.75) is 37.5 Å². The maximum absolute atomic E-state index is 12.3. The first-order chi connectivity index (χ1) is 11.0. The Labute approximate surface area is 142 Å². The van der Waals surface area contributed by atoms with Crippen LogP contribution < -0.4 is 10.1 Å². The van der Waals surface area contributed by atoms with E-state index >= 15 is 0 Å². The lowest BCUT2D eigenvalue weighted by atomic mass is 10.2. The molecule has 0 saturated carbocycles. The molecule has 2 rings (SSSR count). The topological polar surface area (TPSA) is 38.3 Å². The van der Waals surface area contributed by atoms with Gasteiger partial charge in [0.2, 0.25) is 5.91 Å². The zero-order valence-corrected chi connectivity index (χ0v) is 14.9. The van der Waals surface area contributed by atoms with Gasteiger partial charge in [0.25, 0.3) is 0 Å². The van der Waals surface area contributed by atoms with Gasteiger partial charge in [-0.25, -0.2) is 0 Å². The van der Waals surface area contributed by atoms with Gasteiger partial charge in [0, 0.05) is 11.4 Å². The fourth-order valence-electron chi connectivity index (χ4n) is 2.15. The van der Waals surface area contributed by atoms with E-state index < -0.39 is 0 Å². The summed E-state index contributed by atoms with van der Waals surface area (Å²) in [5.41, 5.74) is 3.47. The number of carbonyl (C=O) groups excluding carboxylic acids is 1. The Bertz CT molecular complexity index is 668. The number of methoxy groups -OCH3 is 1. The summed E-state index contributed by atoms with van der Waals surface area (Å²) in [6.07, 6.45) is 0. The van der Waals surface area contributed by atoms with Crippen molar-refractivity contribution in [3.8, 4) is 5.75 Å². The van der Waals surface area contributed by atoms with Gasteiger partial charge >= 0.3 is 0 Å². The first kappa shape index (κ1) is 17.4. The third-order valence-electron chi connectivity index (χ3n) is 3.64. The molecule has 2 aromatic carbocycles. The van der Waals surface area contributed by atoms with Crippen molar-refractivity contribution in [1.82, 2.24) is 5.32 Å². The minimum Gasteiger partial charge on any atom is -0.497 e. The highest BCUT2D eigenvalue weighted by Gasteiger charge is 2.15. The standard InChI is InChI=1S/C19H23NO2S/c1-13-5-6-14(2)18(11-13)23-15(3)19(21)20-12-16-7-9-17(22-4)10-8-16/h5-11,15H,12H2,1-4H3,(H,20,21)/t15-/m1/s1. The molecule has 1 atom stereocenters. The van der Waals surface area contributed by atoms with E-state index in [0.717, 1.165) is 16.2 Å². The Kier molecular flexibility index (Phi) is 6.11. The van der Waals surface area contributed by atoms with Crippen molar-refractivity contribution in [1.29, 1.82) is 0 Å². The molecule has 0 unspecified atom stereocenters. The minimum atomic E-state index is -0.131. The van der Waals surface area contributed by atoms with Crippen LogP contribution in [0.3, 0.4) is 0 Å². The van der Waals surface area contributed by atoms with E-state index in [1.54, 1.807) is 18.9 Å². The van der Waals surface area contributed by atoms with Crippen LogP contribution in [0.5, 0.6) is 5.75 Å². The highest BCUT2D eigenvalue weighted by molar-refractivity contribution is 8.00. The van der Waals surface area contributed by atoms with Crippen LogP contribution in [-0.4, -0.2) is 18.3 Å². The number of rotatable bonds is 6. The van der Waals surface area contributed by atoms with Gasteiger partial charge in [-0.15, -0.1) is 11.8 Å². The maximum Gasteiger partial charge on any atom is 0.233 e. The summed E-state index contributed by atoms with van der Waals surface area (Å²) in [5, 5.41) is 2.86. The molecule has 23 heavy (non-hydrogen) atoms. The molecule has 4 heteroatoms. The molecular formula is C19H23NO2S. The number of hydrogen-bond acceptors (Lipinski definition) is 3. The molecule has 0 radical (unpaired) electrons. The van der Waals surface area contributed by atoms with Crippen LogP contribution in [0.25, 0.3) is 0 Å². The number of ether oxygens (including phenoxy) is 1. The minimum absolute atomic E-state index is 0.0479. The number of hydrogen-bond donors (Lipinski definition) is 1. The molecule has 1 N–H and O–H groups in total. The molecule has 0 aromatic heterocycles. The van der Waals surface area contributed by atoms with E-state index in [9.17, 15) is 4.79 Å². The first-order valence-corrected chi connectivity index (χ1v) is 8.52. The lowest BCUT2D eigenvalue weighted by Crippen LogP contribution is -2.30. The first-order valence-electron chi connectivity index (χ1n) is 7.64. The predicted molar refractivity (Wildman–Crippen MR) is 96.1 cm³/mol. The average molecular weight is 329 g/mol. The van der Waals surface area contributed by atoms with Crippen LogP contribution in [0, 0.1) is 13.8 Å². The average Bonchev–Trinajstić information content (AvgIpc) is 2.56. The monoisotopic (exact) mass is 329 g/mol. The fourth-order valence-corrected chi connectivity index (χ4v) is 3.23. The number of thioether (sulfide) groups is 1. The summed E-state index contributed by atoms with van der Waals surface area (Å²) in [4.78, 5) is 13.4. The van der Waals surface area contributed by atoms with Gasteiger partial charge in [-0.1, -0.05) is 29.8 Å². The second kappa shape index (κ2) is 8.06. The van der Waals surface area contributed by atoms with Crippen molar-refractivity contribution in [2.24, 2.45) is 0 Å². The SMILES string of the molecule is COc1ccc(CNC(=O)[C@@H](C)Sc2cc(C)ccc2C)cc1. The molecular weight excluding hydrogens is 306 g/mol. The number of aryl methyl sites for hydroxylation is 2. The van der Waals surface area contributed by atoms with E-state index in [2.05, 4.69) is 37.4 Å². The normalized spacial score (nSPS) is 11.8. The van der Waals surface area contributed by atoms with Crippen molar-refractivity contribution >= 4 is 17.7 Å². The van der Waals surface area contributed by atoms with E-state index in [4.69, 9.17) is 4.74 Å². The highest BCUT2D eigenvalue weighted by atomic mass is 32.2. The van der Waals surface area contributed by atoms with Crippen LogP contribution in [-0.2, 0) is 11.3 Å². The Morgan fingerprint density at radius 1 is 1.17 bits per heavy atom. The molecule has 0 aliphatic rings. The second-order valence-electron chi connectivity index (χ2n) is 5.59. The third-order valence-corrected chi connectivity index (χ3v) is 4.90. The van der Waals surface area contributed by atoms with Crippen LogP contribution >= 0.6 is 11.8 Å². The molecule has 0 aliphatic carbocycles. The Hall–Kier alpha value is -1.94. The van der Waals surface area contributed by atoms with E-state index in [-0.39, 0.29) is 11.2 Å². The molecule has 0 spiro atoms. The molecule has 0 bridgehead atoms. The lowest BCUT2D eigenvalue weighted by molar-refractivity contribution is -0.120. The molecule has 1 amide bonds. The summed E-state index contributed by atoms with van der Waals surface area (Å²) in [6, 6.07) is 14.0. The molecule has 0 heterocycles. The zero-order chi connectivity index (χ0) is 16.8. The zero-order valence-electron chi connectivity index (χ0n) is 14.1. The number of nitrogens with one attached hydrogen (secondary N) is 1. The van der Waals surface area contributed by atoms with Gasteiger partial charge in [0.05, 0.1) is 12.4 Å². The van der Waals surface area contributed by atoms with Crippen LogP contribution in [0.15, 0.2) is 47.4 Å². The summed E-state index contributed by atoms with van der Waals surface area (Å²) < 4.78 is 5.13. The number of benzene rings is 2. The van der Waals surface area contributed by atoms with Gasteiger partial charge in [-0.05, 0) is 50.1 Å². The highest BCUT2D eigenvalue weighted by Crippen LogP contribution is 2.27. The number of amides is 1. The van der Waals surface area contributed by atoms with Gasteiger partial charge < -0.3 is 10.1 Å². The molecule has 0 saturated heterocycles. The molecule has 122 valence electrons. The second-order valence-corrected chi connectivity index (χ2v) is 6.98. The van der Waals surface area contributed by atoms with Gasteiger partial charge in [-0.3, -0.25) is 4.79 Å². The smallest absolute Gasteiger partial charge is 0.233 e. The number of carbonyl (C=O) groups is 1. The van der Waals surface area contributed by atoms with E-state index in [1.165, 1.54) is 11.1 Å². The maximum atomic E-state index is 12.3. The Balaban J connectivity index is 1.90. The predicted octanol–water partition coefficient (Wildman–Crippen LogP) is 4.11. The third kappa shape index (κ3) is 5.03. The molecule has 0 fully saturated rings. The Morgan fingerprint density at radius 3 is 2.52 bits per heavy atom. The quantitative estimate of drug-likeness (QED) is 0.811. The van der Waals surface area contributed by atoms with E-state index in [1.807, 2.05) is 31.2 Å². The summed E-state index contributed by atoms with van der Waals surface area (Å²) in [6.45, 7) is 6.61. The van der Waals surface area contributed by atoms with Crippen molar-refractivity contribution in [3.63, 3.8) is 0 Å². The Morgan fingerprint density at radius 2 is 1.87 bits per heavy atom. The van der Waals surface area contributed by atoms with E-state index in [0.29, 0.717) is 6.54 Å².